The van der Waals surface area contributed by atoms with Crippen LogP contribution in [0.15, 0.2) is 24.3 Å². The van der Waals surface area contributed by atoms with E-state index in [4.69, 9.17) is 11.6 Å². The van der Waals surface area contributed by atoms with E-state index < -0.39 is 0 Å². The second-order valence-corrected chi connectivity index (χ2v) is 7.40. The van der Waals surface area contributed by atoms with Gasteiger partial charge < -0.3 is 4.48 Å². The molecule has 3 heteroatoms. The molecular formula is C21H36ClFN+. The first-order valence-corrected chi connectivity index (χ1v) is 10.2. The van der Waals surface area contributed by atoms with Gasteiger partial charge in [0.25, 0.3) is 0 Å². The third-order valence-corrected chi connectivity index (χ3v) is 5.62. The van der Waals surface area contributed by atoms with Crippen LogP contribution in [0.1, 0.15) is 64.4 Å². The number of hydrogen-bond donors (Lipinski definition) is 0. The Morgan fingerprint density at radius 3 is 1.92 bits per heavy atom. The number of nitrogens with zero attached hydrogens (tertiary/aromatic N) is 1. The molecule has 1 aromatic rings. The second-order valence-electron chi connectivity index (χ2n) is 6.96. The van der Waals surface area contributed by atoms with Crippen LogP contribution in [-0.4, -0.2) is 37.3 Å². The van der Waals surface area contributed by atoms with Gasteiger partial charge in [-0.05, 0) is 70.1 Å². The Morgan fingerprint density at radius 2 is 1.33 bits per heavy atom. The summed E-state index contributed by atoms with van der Waals surface area (Å²) in [7, 11) is 0. The minimum absolute atomic E-state index is 0.155. The van der Waals surface area contributed by atoms with Crippen LogP contribution in [0, 0.1) is 0 Å². The highest BCUT2D eigenvalue weighted by Gasteiger charge is 2.21. The smallest absolute Gasteiger partial charge is 0.0894 e. The van der Waals surface area contributed by atoms with Crippen LogP contribution in [0.2, 0.25) is 5.02 Å². The molecule has 1 nitrogen and oxygen atoms in total. The molecule has 0 atom stereocenters. The number of aryl methyl sites for hydroxylation is 1. The second kappa shape index (κ2) is 12.7. The van der Waals surface area contributed by atoms with Crippen molar-refractivity contribution in [1.29, 1.82) is 0 Å². The van der Waals surface area contributed by atoms with Gasteiger partial charge in [-0.25, -0.2) is 0 Å². The van der Waals surface area contributed by atoms with E-state index in [-0.39, 0.29) is 6.67 Å². The van der Waals surface area contributed by atoms with E-state index in [2.05, 4.69) is 26.0 Å². The maximum atomic E-state index is 12.1. The minimum atomic E-state index is -0.155. The zero-order valence-corrected chi connectivity index (χ0v) is 16.5. The van der Waals surface area contributed by atoms with Crippen molar-refractivity contribution in [2.45, 2.75) is 65.2 Å². The molecule has 1 aromatic carbocycles. The van der Waals surface area contributed by atoms with Crippen molar-refractivity contribution in [3.8, 4) is 0 Å². The van der Waals surface area contributed by atoms with Gasteiger partial charge in [0.15, 0.2) is 0 Å². The summed E-state index contributed by atoms with van der Waals surface area (Å²) in [6.07, 6.45) is 9.20. The van der Waals surface area contributed by atoms with E-state index in [1.165, 1.54) is 68.3 Å². The van der Waals surface area contributed by atoms with Crippen molar-refractivity contribution in [2.24, 2.45) is 0 Å². The van der Waals surface area contributed by atoms with E-state index in [9.17, 15) is 4.39 Å². The topological polar surface area (TPSA) is 0 Å². The van der Waals surface area contributed by atoms with Gasteiger partial charge in [0.2, 0.25) is 0 Å². The molecule has 0 bridgehead atoms. The van der Waals surface area contributed by atoms with E-state index in [0.717, 1.165) is 24.3 Å². The highest BCUT2D eigenvalue weighted by Crippen LogP contribution is 2.16. The summed E-state index contributed by atoms with van der Waals surface area (Å²) in [6.45, 7) is 9.51. The summed E-state index contributed by atoms with van der Waals surface area (Å²) in [5.41, 5.74) is 1.39. The molecule has 138 valence electrons. The molecule has 0 aliphatic heterocycles. The van der Waals surface area contributed by atoms with Crippen LogP contribution in [0.4, 0.5) is 4.39 Å². The highest BCUT2D eigenvalue weighted by molar-refractivity contribution is 6.30. The Morgan fingerprint density at radius 1 is 0.792 bits per heavy atom. The SMILES string of the molecule is CC[N+](CC)(CCCCCCC[18F])CCCCc1ccc(Cl)cc1. The normalized spacial score (nSPS) is 11.8. The number of alkyl halides is 1. The van der Waals surface area contributed by atoms with Crippen LogP contribution >= 0.6 is 11.6 Å². The molecule has 0 aromatic heterocycles. The van der Waals surface area contributed by atoms with Gasteiger partial charge in [0.05, 0.1) is 32.9 Å². The molecule has 24 heavy (non-hydrogen) atoms. The van der Waals surface area contributed by atoms with Crippen LogP contribution in [0.25, 0.3) is 0 Å². The van der Waals surface area contributed by atoms with E-state index in [1.807, 2.05) is 12.1 Å². The number of benzene rings is 1. The zero-order chi connectivity index (χ0) is 17.7. The van der Waals surface area contributed by atoms with Crippen molar-refractivity contribution in [1.82, 2.24) is 0 Å². The third kappa shape index (κ3) is 8.48. The van der Waals surface area contributed by atoms with E-state index >= 15 is 0 Å². The monoisotopic (exact) mass is 355 g/mol. The van der Waals surface area contributed by atoms with Gasteiger partial charge in [-0.15, -0.1) is 0 Å². The first-order valence-electron chi connectivity index (χ1n) is 9.81. The largest absolute Gasteiger partial charge is 0.324 e. The predicted octanol–water partition coefficient (Wildman–Crippen LogP) is 6.44. The maximum Gasteiger partial charge on any atom is 0.0894 e. The Bertz CT molecular complexity index is 414. The predicted molar refractivity (Wildman–Crippen MR) is 105 cm³/mol. The number of halogens is 2. The van der Waals surface area contributed by atoms with Crippen molar-refractivity contribution in [2.75, 3.05) is 32.9 Å². The average molecular weight is 356 g/mol. The van der Waals surface area contributed by atoms with Gasteiger partial charge in [-0.2, -0.15) is 0 Å². The Hall–Kier alpha value is -0.600. The van der Waals surface area contributed by atoms with Gasteiger partial charge in [0.1, 0.15) is 0 Å². The van der Waals surface area contributed by atoms with E-state index in [0.29, 0.717) is 0 Å². The Labute approximate surface area is 153 Å². The molecule has 0 saturated carbocycles. The summed E-state index contributed by atoms with van der Waals surface area (Å²) in [5, 5.41) is 0.818. The number of quaternary nitrogens is 1. The molecule has 0 fully saturated rings. The standard InChI is InChI=1S/C21H36ClFN/c1-3-24(4-2,18-10-7-5-6-9-17-23)19-11-8-12-20-13-15-21(22)16-14-20/h13-16H,3-12,17-19H2,1-2H3/q+1/i23-1. The summed E-state index contributed by atoms with van der Waals surface area (Å²) < 4.78 is 13.3. The average Bonchev–Trinajstić information content (AvgIpc) is 2.61. The molecule has 0 spiro atoms. The van der Waals surface area contributed by atoms with Crippen molar-refractivity contribution in [3.63, 3.8) is 0 Å². The fourth-order valence-corrected chi connectivity index (χ4v) is 3.59. The molecular weight excluding hydrogens is 320 g/mol. The molecule has 0 unspecified atom stereocenters. The van der Waals surface area contributed by atoms with Crippen LogP contribution < -0.4 is 0 Å². The molecule has 0 amide bonds. The Kier molecular flexibility index (Phi) is 11.4. The quantitative estimate of drug-likeness (QED) is 0.266. The first kappa shape index (κ1) is 21.4. The molecule has 1 rings (SSSR count). The lowest BCUT2D eigenvalue weighted by molar-refractivity contribution is -0.925. The number of hydrogen-bond acceptors (Lipinski definition) is 0. The summed E-state index contributed by atoms with van der Waals surface area (Å²) in [6, 6.07) is 8.25. The number of rotatable bonds is 14. The summed E-state index contributed by atoms with van der Waals surface area (Å²) >= 11 is 5.94. The zero-order valence-electron chi connectivity index (χ0n) is 15.7. The van der Waals surface area contributed by atoms with Crippen LogP contribution in [0.5, 0.6) is 0 Å². The lowest BCUT2D eigenvalue weighted by Crippen LogP contribution is -2.49. The molecule has 0 aliphatic carbocycles. The number of unbranched alkanes of at least 4 members (excludes halogenated alkanes) is 5. The van der Waals surface area contributed by atoms with Gasteiger partial charge in [-0.3, -0.25) is 4.39 Å². The Balaban J connectivity index is 2.26. The lowest BCUT2D eigenvalue weighted by atomic mass is 10.1. The van der Waals surface area contributed by atoms with Crippen LogP contribution in [-0.2, 0) is 6.42 Å². The molecule has 0 N–H and O–H groups in total. The highest BCUT2D eigenvalue weighted by atomic mass is 35.5. The lowest BCUT2D eigenvalue weighted by Gasteiger charge is -2.37. The fourth-order valence-electron chi connectivity index (χ4n) is 3.47. The van der Waals surface area contributed by atoms with Gasteiger partial charge in [-0.1, -0.05) is 36.6 Å². The van der Waals surface area contributed by atoms with Gasteiger partial charge >= 0.3 is 0 Å². The molecule has 0 aliphatic rings. The third-order valence-electron chi connectivity index (χ3n) is 5.37. The van der Waals surface area contributed by atoms with Gasteiger partial charge in [0, 0.05) is 5.02 Å². The molecule has 0 heterocycles. The molecule has 0 radical (unpaired) electrons. The summed E-state index contributed by atoms with van der Waals surface area (Å²) in [5.74, 6) is 0. The van der Waals surface area contributed by atoms with E-state index in [1.54, 1.807) is 0 Å². The van der Waals surface area contributed by atoms with Crippen molar-refractivity contribution in [3.05, 3.63) is 34.9 Å². The molecule has 0 saturated heterocycles. The first-order chi connectivity index (χ1) is 11.7. The van der Waals surface area contributed by atoms with Crippen LogP contribution in [0.3, 0.4) is 0 Å². The summed E-state index contributed by atoms with van der Waals surface area (Å²) in [4.78, 5) is 0. The maximum absolute atomic E-state index is 12.1. The van der Waals surface area contributed by atoms with Crippen molar-refractivity contribution >= 4 is 11.6 Å². The fraction of sp³-hybridized carbons (Fsp3) is 0.714. The van der Waals surface area contributed by atoms with Crippen molar-refractivity contribution < 1.29 is 8.87 Å². The minimum Gasteiger partial charge on any atom is -0.324 e.